The average Bonchev–Trinajstić information content (AvgIpc) is 2.60. The molecule has 0 aliphatic heterocycles. The van der Waals surface area contributed by atoms with E-state index >= 15 is 0 Å². The molecular weight excluding hydrogens is 296 g/mol. The smallest absolute Gasteiger partial charge is 0.257 e. The molecule has 0 aliphatic rings. The summed E-state index contributed by atoms with van der Waals surface area (Å²) in [4.78, 5) is 12.1. The van der Waals surface area contributed by atoms with Gasteiger partial charge in [0.05, 0.1) is 11.9 Å². The number of carbonyl (C=O) groups is 1. The first-order valence-corrected chi connectivity index (χ1v) is 6.13. The number of hydrogen-bond donors (Lipinski definition) is 2. The van der Waals surface area contributed by atoms with Crippen LogP contribution in [0.2, 0.25) is 0 Å². The van der Waals surface area contributed by atoms with Gasteiger partial charge in [0.25, 0.3) is 5.91 Å². The van der Waals surface area contributed by atoms with E-state index in [1.807, 2.05) is 19.1 Å². The predicted molar refractivity (Wildman–Crippen MR) is 74.5 cm³/mol. The van der Waals surface area contributed by atoms with Gasteiger partial charge in [-0.2, -0.15) is 5.10 Å². The van der Waals surface area contributed by atoms with E-state index < -0.39 is 0 Å². The van der Waals surface area contributed by atoms with Gasteiger partial charge in [0.2, 0.25) is 0 Å². The van der Waals surface area contributed by atoms with Gasteiger partial charge in [0, 0.05) is 17.1 Å². The second-order valence-electron chi connectivity index (χ2n) is 3.99. The first-order valence-electron chi connectivity index (χ1n) is 5.34. The number of nitrogens with two attached hydrogens (primary N) is 1. The molecule has 94 valence electrons. The minimum Gasteiger partial charge on any atom is -0.394 e. The number of aromatic nitrogens is 2. The molecule has 18 heavy (non-hydrogen) atoms. The van der Waals surface area contributed by atoms with Gasteiger partial charge in [-0.25, -0.2) is 0 Å². The van der Waals surface area contributed by atoms with Gasteiger partial charge < -0.3 is 11.1 Å². The molecule has 0 radical (unpaired) electrons. The summed E-state index contributed by atoms with van der Waals surface area (Å²) in [7, 11) is 1.72. The van der Waals surface area contributed by atoms with Crippen LogP contribution in [0.4, 0.5) is 11.5 Å². The number of rotatable bonds is 2. The van der Waals surface area contributed by atoms with Gasteiger partial charge in [-0.1, -0.05) is 15.9 Å². The highest BCUT2D eigenvalue weighted by atomic mass is 79.9. The van der Waals surface area contributed by atoms with Crippen molar-refractivity contribution in [2.75, 3.05) is 11.1 Å². The molecule has 5 nitrogen and oxygen atoms in total. The van der Waals surface area contributed by atoms with Crippen LogP contribution in [-0.2, 0) is 7.05 Å². The van der Waals surface area contributed by atoms with Crippen molar-refractivity contribution >= 4 is 33.3 Å². The maximum absolute atomic E-state index is 12.1. The Kier molecular flexibility index (Phi) is 3.38. The zero-order valence-corrected chi connectivity index (χ0v) is 11.7. The van der Waals surface area contributed by atoms with Crippen LogP contribution in [-0.4, -0.2) is 15.7 Å². The van der Waals surface area contributed by atoms with Gasteiger partial charge in [0.1, 0.15) is 0 Å². The number of nitrogen functional groups attached to an aromatic ring is 1. The number of carbonyl (C=O) groups excluding carboxylic acids is 1. The maximum atomic E-state index is 12.1. The normalized spacial score (nSPS) is 10.4. The van der Waals surface area contributed by atoms with E-state index in [1.54, 1.807) is 13.1 Å². The third-order valence-electron chi connectivity index (χ3n) is 2.63. The van der Waals surface area contributed by atoms with Crippen molar-refractivity contribution in [3.8, 4) is 0 Å². The molecule has 0 saturated heterocycles. The quantitative estimate of drug-likeness (QED) is 0.894. The number of halogens is 1. The lowest BCUT2D eigenvalue weighted by Gasteiger charge is -2.09. The van der Waals surface area contributed by atoms with Crippen molar-refractivity contribution in [1.82, 2.24) is 9.78 Å². The van der Waals surface area contributed by atoms with Crippen molar-refractivity contribution in [2.45, 2.75) is 6.92 Å². The number of nitrogens with zero attached hydrogens (tertiary/aromatic N) is 2. The molecule has 0 atom stereocenters. The number of benzene rings is 1. The van der Waals surface area contributed by atoms with Crippen LogP contribution in [0.1, 0.15) is 15.9 Å². The molecule has 0 saturated carbocycles. The van der Waals surface area contributed by atoms with Crippen LogP contribution in [0, 0.1) is 6.92 Å². The fourth-order valence-electron chi connectivity index (χ4n) is 1.66. The van der Waals surface area contributed by atoms with Crippen LogP contribution in [0.5, 0.6) is 0 Å². The topological polar surface area (TPSA) is 72.9 Å². The van der Waals surface area contributed by atoms with Crippen molar-refractivity contribution in [3.05, 3.63) is 40.0 Å². The lowest BCUT2D eigenvalue weighted by Crippen LogP contribution is -2.16. The Morgan fingerprint density at radius 2 is 2.22 bits per heavy atom. The summed E-state index contributed by atoms with van der Waals surface area (Å²) in [6.45, 7) is 1.88. The van der Waals surface area contributed by atoms with Crippen LogP contribution in [0.15, 0.2) is 28.9 Å². The van der Waals surface area contributed by atoms with E-state index in [0.717, 1.165) is 10.0 Å². The molecule has 1 amide bonds. The summed E-state index contributed by atoms with van der Waals surface area (Å²) in [6.07, 6.45) is 1.50. The Morgan fingerprint density at radius 1 is 1.50 bits per heavy atom. The molecule has 1 aromatic carbocycles. The molecule has 0 aliphatic carbocycles. The van der Waals surface area contributed by atoms with Crippen molar-refractivity contribution in [2.24, 2.45) is 7.05 Å². The zero-order valence-electron chi connectivity index (χ0n) is 10.1. The Bertz CT molecular complexity index is 587. The summed E-state index contributed by atoms with van der Waals surface area (Å²) in [6, 6.07) is 5.48. The molecule has 1 heterocycles. The number of anilines is 2. The van der Waals surface area contributed by atoms with Gasteiger partial charge in [0.15, 0.2) is 5.82 Å². The lowest BCUT2D eigenvalue weighted by atomic mass is 10.1. The Morgan fingerprint density at radius 3 is 2.78 bits per heavy atom. The van der Waals surface area contributed by atoms with Gasteiger partial charge >= 0.3 is 0 Å². The highest BCUT2D eigenvalue weighted by molar-refractivity contribution is 9.10. The number of nitrogens with one attached hydrogen (secondary N) is 1. The molecule has 2 rings (SSSR count). The fourth-order valence-corrected chi connectivity index (χ4v) is 2.14. The molecule has 1 aromatic heterocycles. The standard InChI is InChI=1S/C12H13BrN4O/c1-7-5-8(13)3-4-9(7)12(18)16-11-10(14)6-15-17(11)2/h3-6H,14H2,1-2H3,(H,16,18). The summed E-state index contributed by atoms with van der Waals surface area (Å²) in [5, 5.41) is 6.73. The first kappa shape index (κ1) is 12.6. The largest absolute Gasteiger partial charge is 0.394 e. The second-order valence-corrected chi connectivity index (χ2v) is 4.90. The monoisotopic (exact) mass is 308 g/mol. The molecular formula is C12H13BrN4O. The fraction of sp³-hybridized carbons (Fsp3) is 0.167. The molecule has 2 aromatic rings. The Labute approximate surface area is 113 Å². The lowest BCUT2D eigenvalue weighted by molar-refractivity contribution is 0.102. The predicted octanol–water partition coefficient (Wildman–Crippen LogP) is 2.33. The summed E-state index contributed by atoms with van der Waals surface area (Å²) in [5.41, 5.74) is 7.67. The van der Waals surface area contributed by atoms with Crippen LogP contribution in [0.3, 0.4) is 0 Å². The number of aryl methyl sites for hydroxylation is 2. The van der Waals surface area contributed by atoms with Gasteiger partial charge in [-0.05, 0) is 30.7 Å². The molecule has 3 N–H and O–H groups in total. The van der Waals surface area contributed by atoms with E-state index in [2.05, 4.69) is 26.3 Å². The maximum Gasteiger partial charge on any atom is 0.257 e. The Balaban J connectivity index is 2.28. The molecule has 0 fully saturated rings. The zero-order chi connectivity index (χ0) is 13.3. The average molecular weight is 309 g/mol. The van der Waals surface area contributed by atoms with Crippen LogP contribution in [0.25, 0.3) is 0 Å². The highest BCUT2D eigenvalue weighted by Gasteiger charge is 2.13. The summed E-state index contributed by atoms with van der Waals surface area (Å²) < 4.78 is 2.47. The third-order valence-corrected chi connectivity index (χ3v) is 3.13. The molecule has 0 bridgehead atoms. The van der Waals surface area contributed by atoms with Crippen LogP contribution < -0.4 is 11.1 Å². The second kappa shape index (κ2) is 4.81. The first-order chi connectivity index (χ1) is 8.49. The highest BCUT2D eigenvalue weighted by Crippen LogP contribution is 2.20. The van der Waals surface area contributed by atoms with E-state index in [4.69, 9.17) is 5.73 Å². The summed E-state index contributed by atoms with van der Waals surface area (Å²) in [5.74, 6) is 0.303. The number of hydrogen-bond acceptors (Lipinski definition) is 3. The minimum absolute atomic E-state index is 0.199. The van der Waals surface area contributed by atoms with Crippen molar-refractivity contribution in [1.29, 1.82) is 0 Å². The van der Waals surface area contributed by atoms with E-state index in [-0.39, 0.29) is 5.91 Å². The molecule has 0 spiro atoms. The van der Waals surface area contributed by atoms with Crippen molar-refractivity contribution in [3.63, 3.8) is 0 Å². The SMILES string of the molecule is Cc1cc(Br)ccc1C(=O)Nc1c(N)cnn1C. The third kappa shape index (κ3) is 2.38. The van der Waals surface area contributed by atoms with Crippen molar-refractivity contribution < 1.29 is 4.79 Å². The van der Waals surface area contributed by atoms with Gasteiger partial charge in [-0.3, -0.25) is 9.48 Å². The van der Waals surface area contributed by atoms with E-state index in [0.29, 0.717) is 17.1 Å². The van der Waals surface area contributed by atoms with Gasteiger partial charge in [-0.15, -0.1) is 0 Å². The molecule has 6 heteroatoms. The Hall–Kier alpha value is -1.82. The molecule has 0 unspecified atom stereocenters. The van der Waals surface area contributed by atoms with Crippen LogP contribution >= 0.6 is 15.9 Å². The number of amides is 1. The van der Waals surface area contributed by atoms with E-state index in [1.165, 1.54) is 10.9 Å². The minimum atomic E-state index is -0.199. The summed E-state index contributed by atoms with van der Waals surface area (Å²) >= 11 is 3.36. The van der Waals surface area contributed by atoms with E-state index in [9.17, 15) is 4.79 Å².